The van der Waals surface area contributed by atoms with Gasteiger partial charge in [-0.25, -0.2) is 0 Å². The van der Waals surface area contributed by atoms with E-state index in [0.717, 1.165) is 31.6 Å². The molecule has 0 amide bonds. The topological polar surface area (TPSA) is 47.4 Å². The number of likely N-dealkylation sites (N-methyl/N-ethyl adjacent to an activating group) is 1. The highest BCUT2D eigenvalue weighted by Gasteiger charge is 2.25. The van der Waals surface area contributed by atoms with Crippen LogP contribution in [0.15, 0.2) is 42.7 Å². The maximum absolute atomic E-state index is 12.3. The Labute approximate surface area is 172 Å². The van der Waals surface area contributed by atoms with Crippen LogP contribution in [0.25, 0.3) is 10.9 Å². The van der Waals surface area contributed by atoms with Gasteiger partial charge in [-0.15, -0.1) is 0 Å². The molecule has 0 fully saturated rings. The molecule has 0 aliphatic carbocycles. The summed E-state index contributed by atoms with van der Waals surface area (Å²) in [5.41, 5.74) is 6.45. The number of rotatable bonds is 6. The first kappa shape index (κ1) is 19.6. The highest BCUT2D eigenvalue weighted by molar-refractivity contribution is 5.86. The average molecular weight is 392 g/mol. The van der Waals surface area contributed by atoms with Crippen molar-refractivity contribution in [2.75, 3.05) is 20.2 Å². The molecule has 29 heavy (non-hydrogen) atoms. The summed E-state index contributed by atoms with van der Waals surface area (Å²) in [6, 6.07) is 10.7. The van der Waals surface area contributed by atoms with E-state index in [4.69, 9.17) is 4.74 Å². The van der Waals surface area contributed by atoms with E-state index < -0.39 is 0 Å². The zero-order valence-corrected chi connectivity index (χ0v) is 17.5. The number of aryl methyl sites for hydroxylation is 1. The van der Waals surface area contributed by atoms with Crippen molar-refractivity contribution in [3.63, 3.8) is 0 Å². The smallest absolute Gasteiger partial charge is 0.306 e. The number of esters is 1. The molecule has 1 aliphatic heterocycles. The van der Waals surface area contributed by atoms with Crippen LogP contribution in [0.2, 0.25) is 0 Å². The lowest BCUT2D eigenvalue weighted by molar-refractivity contribution is -0.143. The molecule has 1 atom stereocenters. The fourth-order valence-electron chi connectivity index (χ4n) is 4.44. The molecule has 3 heterocycles. The van der Waals surface area contributed by atoms with E-state index in [-0.39, 0.29) is 11.9 Å². The van der Waals surface area contributed by atoms with Crippen LogP contribution >= 0.6 is 0 Å². The molecule has 0 saturated carbocycles. The molecule has 5 nitrogen and oxygen atoms in total. The first-order chi connectivity index (χ1) is 14.1. The number of carbonyl (C=O) groups excluding carboxylic acids is 1. The Morgan fingerprint density at radius 1 is 1.31 bits per heavy atom. The standard InChI is InChI=1S/C24H29N3O2/c1-4-29-24(28)13-19(18-6-5-10-25-14-18)15-27-22-8-7-17(2)12-21(22)20-9-11-26(3)16-23(20)27/h5-8,10,12,14,19H,4,9,11,13,15-16H2,1-3H3. The zero-order valence-electron chi connectivity index (χ0n) is 17.5. The SMILES string of the molecule is CCOC(=O)CC(Cn1c2c(c3cc(C)ccc31)CCN(C)C2)c1cccnc1. The third-order valence-electron chi connectivity index (χ3n) is 5.88. The van der Waals surface area contributed by atoms with Gasteiger partial charge in [0.05, 0.1) is 13.0 Å². The molecule has 1 aliphatic rings. The average Bonchev–Trinajstić information content (AvgIpc) is 3.00. The molecule has 152 valence electrons. The van der Waals surface area contributed by atoms with Gasteiger partial charge in [-0.3, -0.25) is 9.78 Å². The molecular weight excluding hydrogens is 362 g/mol. The minimum absolute atomic E-state index is 0.0241. The van der Waals surface area contributed by atoms with Crippen molar-refractivity contribution in [3.05, 3.63) is 65.1 Å². The number of hydrogen-bond donors (Lipinski definition) is 0. The number of fused-ring (bicyclic) bond motifs is 3. The van der Waals surface area contributed by atoms with Crippen LogP contribution in [0.1, 0.15) is 41.6 Å². The van der Waals surface area contributed by atoms with Crippen LogP contribution in [-0.2, 0) is 29.0 Å². The minimum Gasteiger partial charge on any atom is -0.466 e. The second kappa shape index (κ2) is 8.37. The summed E-state index contributed by atoms with van der Waals surface area (Å²) in [7, 11) is 2.17. The fourth-order valence-corrected chi connectivity index (χ4v) is 4.44. The molecule has 4 rings (SSSR count). The number of aromatic nitrogens is 2. The van der Waals surface area contributed by atoms with Gasteiger partial charge in [-0.1, -0.05) is 17.7 Å². The normalized spacial score (nSPS) is 15.3. The Morgan fingerprint density at radius 2 is 2.17 bits per heavy atom. The van der Waals surface area contributed by atoms with Crippen molar-refractivity contribution in [1.82, 2.24) is 14.5 Å². The maximum atomic E-state index is 12.3. The summed E-state index contributed by atoms with van der Waals surface area (Å²) < 4.78 is 7.70. The van der Waals surface area contributed by atoms with Crippen LogP contribution in [0.3, 0.4) is 0 Å². The number of carbonyl (C=O) groups is 1. The van der Waals surface area contributed by atoms with Crippen LogP contribution in [0.5, 0.6) is 0 Å². The van der Waals surface area contributed by atoms with Crippen molar-refractivity contribution in [2.45, 2.75) is 45.7 Å². The number of benzene rings is 1. The molecule has 2 aromatic heterocycles. The zero-order chi connectivity index (χ0) is 20.4. The van der Waals surface area contributed by atoms with Gasteiger partial charge in [0.2, 0.25) is 0 Å². The molecule has 0 N–H and O–H groups in total. The quantitative estimate of drug-likeness (QED) is 0.594. The lowest BCUT2D eigenvalue weighted by Gasteiger charge is -2.26. The number of pyridine rings is 1. The van der Waals surface area contributed by atoms with E-state index in [1.54, 1.807) is 6.20 Å². The summed E-state index contributed by atoms with van der Waals surface area (Å²) in [5.74, 6) is -0.129. The minimum atomic E-state index is -0.153. The van der Waals surface area contributed by atoms with Crippen molar-refractivity contribution < 1.29 is 9.53 Å². The first-order valence-corrected chi connectivity index (χ1v) is 10.4. The largest absolute Gasteiger partial charge is 0.466 e. The number of nitrogens with zero attached hydrogens (tertiary/aromatic N) is 3. The predicted molar refractivity (Wildman–Crippen MR) is 115 cm³/mol. The Kier molecular flexibility index (Phi) is 5.67. The van der Waals surface area contributed by atoms with E-state index >= 15 is 0 Å². The fraction of sp³-hybridized carbons (Fsp3) is 0.417. The number of hydrogen-bond acceptors (Lipinski definition) is 4. The van der Waals surface area contributed by atoms with E-state index in [9.17, 15) is 4.79 Å². The Hall–Kier alpha value is -2.66. The third kappa shape index (κ3) is 4.06. The van der Waals surface area contributed by atoms with Crippen LogP contribution < -0.4 is 0 Å². The molecule has 0 spiro atoms. The second-order valence-corrected chi connectivity index (χ2v) is 8.04. The van der Waals surface area contributed by atoms with Crippen molar-refractivity contribution in [3.8, 4) is 0 Å². The van der Waals surface area contributed by atoms with Gasteiger partial charge in [0.15, 0.2) is 0 Å². The van der Waals surface area contributed by atoms with Crippen LogP contribution in [-0.4, -0.2) is 40.6 Å². The van der Waals surface area contributed by atoms with Gasteiger partial charge in [0, 0.05) is 54.5 Å². The summed E-state index contributed by atoms with van der Waals surface area (Å²) in [6.45, 7) is 7.16. The van der Waals surface area contributed by atoms with E-state index in [2.05, 4.69) is 52.7 Å². The summed E-state index contributed by atoms with van der Waals surface area (Å²) >= 11 is 0. The highest BCUT2D eigenvalue weighted by atomic mass is 16.5. The molecule has 1 unspecified atom stereocenters. The van der Waals surface area contributed by atoms with Gasteiger partial charge >= 0.3 is 5.97 Å². The highest BCUT2D eigenvalue weighted by Crippen LogP contribution is 2.34. The molecule has 0 saturated heterocycles. The Bertz CT molecular complexity index is 1010. The van der Waals surface area contributed by atoms with E-state index in [1.165, 1.54) is 27.7 Å². The summed E-state index contributed by atoms with van der Waals surface area (Å²) in [4.78, 5) is 19.0. The Balaban J connectivity index is 1.77. The first-order valence-electron chi connectivity index (χ1n) is 10.4. The van der Waals surface area contributed by atoms with Gasteiger partial charge in [0.25, 0.3) is 0 Å². The predicted octanol–water partition coefficient (Wildman–Crippen LogP) is 4.07. The van der Waals surface area contributed by atoms with Gasteiger partial charge in [-0.2, -0.15) is 0 Å². The van der Waals surface area contributed by atoms with Crippen molar-refractivity contribution >= 4 is 16.9 Å². The van der Waals surface area contributed by atoms with Gasteiger partial charge in [-0.05, 0) is 56.6 Å². The molecule has 0 radical (unpaired) electrons. The molecule has 1 aromatic carbocycles. The molecule has 5 heteroatoms. The monoisotopic (exact) mass is 391 g/mol. The van der Waals surface area contributed by atoms with Gasteiger partial charge in [0.1, 0.15) is 0 Å². The number of ether oxygens (including phenoxy) is 1. The molecule has 0 bridgehead atoms. The third-order valence-corrected chi connectivity index (χ3v) is 5.88. The maximum Gasteiger partial charge on any atom is 0.306 e. The Morgan fingerprint density at radius 3 is 2.93 bits per heavy atom. The lowest BCUT2D eigenvalue weighted by Crippen LogP contribution is -2.28. The molecule has 3 aromatic rings. The second-order valence-electron chi connectivity index (χ2n) is 8.04. The van der Waals surface area contributed by atoms with Crippen molar-refractivity contribution in [2.24, 2.45) is 0 Å². The molecular formula is C24H29N3O2. The van der Waals surface area contributed by atoms with Crippen molar-refractivity contribution in [1.29, 1.82) is 0 Å². The summed E-state index contributed by atoms with van der Waals surface area (Å²) in [5, 5.41) is 1.36. The summed E-state index contributed by atoms with van der Waals surface area (Å²) in [6.07, 6.45) is 5.07. The van der Waals surface area contributed by atoms with Crippen LogP contribution in [0.4, 0.5) is 0 Å². The van der Waals surface area contributed by atoms with E-state index in [1.807, 2.05) is 19.2 Å². The van der Waals surface area contributed by atoms with Crippen LogP contribution in [0, 0.1) is 6.92 Å². The van der Waals surface area contributed by atoms with Gasteiger partial charge < -0.3 is 14.2 Å². The lowest BCUT2D eigenvalue weighted by atomic mass is 9.96. The van der Waals surface area contributed by atoms with E-state index in [0.29, 0.717) is 13.0 Å².